The van der Waals surface area contributed by atoms with Gasteiger partial charge >= 0.3 is 0 Å². The van der Waals surface area contributed by atoms with E-state index in [1.165, 1.54) is 12.1 Å². The predicted molar refractivity (Wildman–Crippen MR) is 107 cm³/mol. The number of hydrogen-bond acceptors (Lipinski definition) is 6. The lowest BCUT2D eigenvalue weighted by molar-refractivity contribution is -0.130. The second kappa shape index (κ2) is 8.91. The number of ether oxygens (including phenoxy) is 1. The van der Waals surface area contributed by atoms with Gasteiger partial charge in [0, 0.05) is 18.5 Å². The SMILES string of the molecule is CN(C)C[C@H](O)C(=O)N[C@H](C#N)Cc1cc2c(cc1F)-c1ccc(C#N)cc1CO2. The molecule has 154 valence electrons. The van der Waals surface area contributed by atoms with Crippen LogP contribution in [0.5, 0.6) is 5.75 Å². The average molecular weight is 408 g/mol. The molecule has 0 unspecified atom stereocenters. The molecule has 0 spiro atoms. The monoisotopic (exact) mass is 408 g/mol. The lowest BCUT2D eigenvalue weighted by Gasteiger charge is -2.23. The molecule has 0 aromatic heterocycles. The Balaban J connectivity index is 1.80. The Labute approximate surface area is 173 Å². The number of aliphatic hydroxyl groups excluding tert-OH is 1. The van der Waals surface area contributed by atoms with Crippen LogP contribution in [0.1, 0.15) is 16.7 Å². The van der Waals surface area contributed by atoms with Crippen molar-refractivity contribution < 1.29 is 19.0 Å². The van der Waals surface area contributed by atoms with E-state index >= 15 is 0 Å². The topological polar surface area (TPSA) is 109 Å². The van der Waals surface area contributed by atoms with Gasteiger partial charge in [0.05, 0.1) is 17.7 Å². The van der Waals surface area contributed by atoms with Crippen LogP contribution in [0.3, 0.4) is 0 Å². The number of amides is 1. The van der Waals surface area contributed by atoms with Crippen molar-refractivity contribution in [2.45, 2.75) is 25.2 Å². The minimum absolute atomic E-state index is 0.0698. The highest BCUT2D eigenvalue weighted by molar-refractivity contribution is 5.81. The van der Waals surface area contributed by atoms with Crippen LogP contribution in [-0.4, -0.2) is 48.7 Å². The van der Waals surface area contributed by atoms with Gasteiger partial charge in [0.2, 0.25) is 0 Å². The minimum atomic E-state index is -1.29. The van der Waals surface area contributed by atoms with Crippen LogP contribution < -0.4 is 10.1 Å². The third-order valence-corrected chi connectivity index (χ3v) is 4.79. The summed E-state index contributed by atoms with van der Waals surface area (Å²) >= 11 is 0. The number of hydrogen-bond donors (Lipinski definition) is 2. The average Bonchev–Trinajstić information content (AvgIpc) is 2.72. The molecule has 2 aromatic carbocycles. The molecular formula is C22H21FN4O3. The summed E-state index contributed by atoms with van der Waals surface area (Å²) in [7, 11) is 3.42. The van der Waals surface area contributed by atoms with E-state index in [0.717, 1.165) is 11.1 Å². The maximum absolute atomic E-state index is 14.8. The molecule has 7 nitrogen and oxygen atoms in total. The molecule has 2 atom stereocenters. The Bertz CT molecular complexity index is 1060. The summed E-state index contributed by atoms with van der Waals surface area (Å²) in [5.41, 5.74) is 2.88. The van der Waals surface area contributed by atoms with Crippen LogP contribution in [-0.2, 0) is 17.8 Å². The highest BCUT2D eigenvalue weighted by atomic mass is 19.1. The number of carbonyl (C=O) groups is 1. The molecule has 1 aliphatic rings. The summed E-state index contributed by atoms with van der Waals surface area (Å²) in [6.07, 6.45) is -1.36. The fourth-order valence-electron chi connectivity index (χ4n) is 3.33. The normalized spacial score (nSPS) is 13.8. The summed E-state index contributed by atoms with van der Waals surface area (Å²) in [6.45, 7) is 0.357. The van der Waals surface area contributed by atoms with Gasteiger partial charge < -0.3 is 20.1 Å². The molecule has 0 aliphatic carbocycles. The molecule has 30 heavy (non-hydrogen) atoms. The Kier molecular flexibility index (Phi) is 6.31. The van der Waals surface area contributed by atoms with E-state index in [-0.39, 0.29) is 25.1 Å². The quantitative estimate of drug-likeness (QED) is 0.753. The first kappa shape index (κ1) is 21.3. The van der Waals surface area contributed by atoms with Crippen molar-refractivity contribution in [2.24, 2.45) is 0 Å². The molecule has 1 amide bonds. The first-order chi connectivity index (χ1) is 14.3. The van der Waals surface area contributed by atoms with E-state index in [4.69, 9.17) is 10.00 Å². The number of rotatable bonds is 6. The number of likely N-dealkylation sites (N-methyl/N-ethyl adjacent to an activating group) is 1. The van der Waals surface area contributed by atoms with Crippen molar-refractivity contribution in [3.8, 4) is 29.0 Å². The Morgan fingerprint density at radius 1 is 1.30 bits per heavy atom. The van der Waals surface area contributed by atoms with Crippen molar-refractivity contribution in [3.05, 3.63) is 52.8 Å². The van der Waals surface area contributed by atoms with Gasteiger partial charge in [0.15, 0.2) is 0 Å². The zero-order valence-corrected chi connectivity index (χ0v) is 16.6. The van der Waals surface area contributed by atoms with E-state index in [0.29, 0.717) is 16.9 Å². The van der Waals surface area contributed by atoms with Crippen LogP contribution in [0.4, 0.5) is 4.39 Å². The maximum atomic E-state index is 14.8. The van der Waals surface area contributed by atoms with Gasteiger partial charge in [0.25, 0.3) is 5.91 Å². The summed E-state index contributed by atoms with van der Waals surface area (Å²) in [5.74, 6) is -0.746. The van der Waals surface area contributed by atoms with E-state index in [9.17, 15) is 19.6 Å². The molecule has 0 saturated carbocycles. The van der Waals surface area contributed by atoms with Crippen molar-refractivity contribution in [1.29, 1.82) is 10.5 Å². The highest BCUT2D eigenvalue weighted by Gasteiger charge is 2.24. The van der Waals surface area contributed by atoms with Crippen molar-refractivity contribution >= 4 is 5.91 Å². The minimum Gasteiger partial charge on any atom is -0.488 e. The van der Waals surface area contributed by atoms with Crippen LogP contribution in [0.2, 0.25) is 0 Å². The fraction of sp³-hybridized carbons (Fsp3) is 0.318. The van der Waals surface area contributed by atoms with Gasteiger partial charge in [-0.3, -0.25) is 4.79 Å². The van der Waals surface area contributed by atoms with Crippen LogP contribution in [0.25, 0.3) is 11.1 Å². The standard InChI is InChI=1S/C22H21FN4O3/c1-27(2)11-20(28)22(29)26-16(10-25)6-14-7-21-18(8-19(14)23)17-4-3-13(9-24)5-15(17)12-30-21/h3-5,7-8,16,20,28H,6,11-12H2,1-2H3,(H,26,29)/t16-,20-/m0/s1. The van der Waals surface area contributed by atoms with E-state index in [1.807, 2.05) is 6.07 Å². The number of halogens is 1. The number of carbonyl (C=O) groups excluding carboxylic acids is 1. The van der Waals surface area contributed by atoms with Crippen LogP contribution in [0.15, 0.2) is 30.3 Å². The Hall–Kier alpha value is -3.46. The van der Waals surface area contributed by atoms with Crippen LogP contribution in [0, 0.1) is 28.5 Å². The molecular weight excluding hydrogens is 387 g/mol. The lowest BCUT2D eigenvalue weighted by Crippen LogP contribution is -2.45. The second-order valence-corrected chi connectivity index (χ2v) is 7.38. The third kappa shape index (κ3) is 4.57. The molecule has 1 heterocycles. The smallest absolute Gasteiger partial charge is 0.251 e. The Morgan fingerprint density at radius 3 is 2.73 bits per heavy atom. The lowest BCUT2D eigenvalue weighted by atomic mass is 9.93. The third-order valence-electron chi connectivity index (χ3n) is 4.79. The Morgan fingerprint density at radius 2 is 2.07 bits per heavy atom. The van der Waals surface area contributed by atoms with E-state index in [2.05, 4.69) is 11.4 Å². The highest BCUT2D eigenvalue weighted by Crippen LogP contribution is 2.39. The number of nitrogens with zero attached hydrogens (tertiary/aromatic N) is 3. The summed E-state index contributed by atoms with van der Waals surface area (Å²) in [6, 6.07) is 11.0. The van der Waals surface area contributed by atoms with E-state index in [1.54, 1.807) is 37.2 Å². The van der Waals surface area contributed by atoms with Gasteiger partial charge in [-0.25, -0.2) is 4.39 Å². The maximum Gasteiger partial charge on any atom is 0.251 e. The van der Waals surface area contributed by atoms with Gasteiger partial charge in [-0.2, -0.15) is 10.5 Å². The number of aliphatic hydroxyl groups is 1. The summed E-state index contributed by atoms with van der Waals surface area (Å²) < 4.78 is 20.5. The van der Waals surface area contributed by atoms with Crippen molar-refractivity contribution in [2.75, 3.05) is 20.6 Å². The zero-order valence-electron chi connectivity index (χ0n) is 16.6. The fourth-order valence-corrected chi connectivity index (χ4v) is 3.33. The molecule has 2 aromatic rings. The first-order valence-electron chi connectivity index (χ1n) is 9.33. The van der Waals surface area contributed by atoms with Gasteiger partial charge in [-0.05, 0) is 55.1 Å². The van der Waals surface area contributed by atoms with Crippen LogP contribution >= 0.6 is 0 Å². The van der Waals surface area contributed by atoms with Gasteiger partial charge in [-0.1, -0.05) is 6.07 Å². The van der Waals surface area contributed by atoms with Gasteiger partial charge in [0.1, 0.15) is 30.3 Å². The zero-order chi connectivity index (χ0) is 21.8. The van der Waals surface area contributed by atoms with Crippen molar-refractivity contribution in [1.82, 2.24) is 10.2 Å². The van der Waals surface area contributed by atoms with Crippen molar-refractivity contribution in [3.63, 3.8) is 0 Å². The number of nitriles is 2. The number of fused-ring (bicyclic) bond motifs is 3. The predicted octanol–water partition coefficient (Wildman–Crippen LogP) is 1.73. The molecule has 2 N–H and O–H groups in total. The largest absolute Gasteiger partial charge is 0.488 e. The van der Waals surface area contributed by atoms with Gasteiger partial charge in [-0.15, -0.1) is 0 Å². The number of benzene rings is 2. The first-order valence-corrected chi connectivity index (χ1v) is 9.33. The summed E-state index contributed by atoms with van der Waals surface area (Å²) in [5, 5.41) is 30.7. The number of nitrogens with one attached hydrogen (secondary N) is 1. The molecule has 8 heteroatoms. The van der Waals surface area contributed by atoms with E-state index < -0.39 is 23.9 Å². The molecule has 0 fully saturated rings. The molecule has 0 radical (unpaired) electrons. The molecule has 3 rings (SSSR count). The second-order valence-electron chi connectivity index (χ2n) is 7.38. The molecule has 0 saturated heterocycles. The summed E-state index contributed by atoms with van der Waals surface area (Å²) in [4.78, 5) is 13.7. The molecule has 1 aliphatic heterocycles. The molecule has 0 bridgehead atoms.